The molecule has 0 heterocycles. The van der Waals surface area contributed by atoms with Crippen LogP contribution in [0.1, 0.15) is 48.5 Å². The van der Waals surface area contributed by atoms with E-state index in [1.54, 1.807) is 30.3 Å². The SMILES string of the molecule is CCCCCCOc1ccc(C(=O)NNC(=S)NC(=O)/C=C/c2ccccc2)cc1. The third kappa shape index (κ3) is 8.87. The summed E-state index contributed by atoms with van der Waals surface area (Å²) >= 11 is 5.02. The molecule has 3 N–H and O–H groups in total. The van der Waals surface area contributed by atoms with Crippen LogP contribution in [0.4, 0.5) is 0 Å². The predicted octanol–water partition coefficient (Wildman–Crippen LogP) is 3.99. The molecule has 158 valence electrons. The van der Waals surface area contributed by atoms with Gasteiger partial charge < -0.3 is 4.74 Å². The van der Waals surface area contributed by atoms with Crippen LogP contribution in [0.15, 0.2) is 60.7 Å². The molecule has 0 aromatic heterocycles. The molecular weight excluding hydrogens is 398 g/mol. The Bertz CT molecular complexity index is 852. The Labute approximate surface area is 182 Å². The number of rotatable bonds is 9. The number of amides is 2. The van der Waals surface area contributed by atoms with E-state index in [1.807, 2.05) is 30.3 Å². The van der Waals surface area contributed by atoms with Gasteiger partial charge in [-0.25, -0.2) is 0 Å². The van der Waals surface area contributed by atoms with E-state index in [9.17, 15) is 9.59 Å². The summed E-state index contributed by atoms with van der Waals surface area (Å²) in [4.78, 5) is 24.1. The second kappa shape index (κ2) is 13.1. The predicted molar refractivity (Wildman–Crippen MR) is 123 cm³/mol. The molecule has 0 fully saturated rings. The fourth-order valence-electron chi connectivity index (χ4n) is 2.53. The number of benzene rings is 2. The van der Waals surface area contributed by atoms with Crippen LogP contribution in [-0.4, -0.2) is 23.5 Å². The van der Waals surface area contributed by atoms with Crippen LogP contribution in [0.25, 0.3) is 6.08 Å². The number of unbranched alkanes of at least 4 members (excludes halogenated alkanes) is 3. The van der Waals surface area contributed by atoms with E-state index in [0.717, 1.165) is 24.2 Å². The summed E-state index contributed by atoms with van der Waals surface area (Å²) in [7, 11) is 0. The van der Waals surface area contributed by atoms with Crippen molar-refractivity contribution in [2.24, 2.45) is 0 Å². The normalized spacial score (nSPS) is 10.4. The minimum absolute atomic E-state index is 0.00176. The maximum atomic E-state index is 12.2. The molecule has 0 radical (unpaired) electrons. The molecule has 2 aromatic rings. The molecular formula is C23H27N3O3S. The molecule has 0 bridgehead atoms. The maximum Gasteiger partial charge on any atom is 0.269 e. The van der Waals surface area contributed by atoms with E-state index in [4.69, 9.17) is 17.0 Å². The van der Waals surface area contributed by atoms with Gasteiger partial charge in [-0.05, 0) is 54.5 Å². The number of hydrogen-bond acceptors (Lipinski definition) is 4. The molecule has 0 spiro atoms. The molecule has 0 atom stereocenters. The van der Waals surface area contributed by atoms with Gasteiger partial charge in [-0.1, -0.05) is 56.5 Å². The molecule has 0 aliphatic rings. The van der Waals surface area contributed by atoms with E-state index in [0.29, 0.717) is 12.2 Å². The fourth-order valence-corrected chi connectivity index (χ4v) is 2.68. The minimum Gasteiger partial charge on any atom is -0.494 e. The lowest BCUT2D eigenvalue weighted by Crippen LogP contribution is -2.48. The highest BCUT2D eigenvalue weighted by atomic mass is 32.1. The topological polar surface area (TPSA) is 79.5 Å². The summed E-state index contributed by atoms with van der Waals surface area (Å²) in [6.07, 6.45) is 7.61. The molecule has 7 heteroatoms. The van der Waals surface area contributed by atoms with Gasteiger partial charge in [0.15, 0.2) is 5.11 Å². The van der Waals surface area contributed by atoms with Gasteiger partial charge >= 0.3 is 0 Å². The van der Waals surface area contributed by atoms with Gasteiger partial charge in [0, 0.05) is 11.6 Å². The monoisotopic (exact) mass is 425 g/mol. The first-order valence-electron chi connectivity index (χ1n) is 9.96. The number of thiocarbonyl (C=S) groups is 1. The molecule has 0 aliphatic heterocycles. The van der Waals surface area contributed by atoms with Gasteiger partial charge in [-0.2, -0.15) is 0 Å². The van der Waals surface area contributed by atoms with Crippen LogP contribution < -0.4 is 20.9 Å². The average molecular weight is 426 g/mol. The van der Waals surface area contributed by atoms with Crippen LogP contribution in [-0.2, 0) is 4.79 Å². The van der Waals surface area contributed by atoms with Crippen molar-refractivity contribution in [1.29, 1.82) is 0 Å². The number of carbonyl (C=O) groups excluding carboxylic acids is 2. The molecule has 0 unspecified atom stereocenters. The molecule has 0 saturated carbocycles. The van der Waals surface area contributed by atoms with Crippen LogP contribution in [0.2, 0.25) is 0 Å². The third-order valence-electron chi connectivity index (χ3n) is 4.14. The first kappa shape index (κ1) is 23.1. The first-order chi connectivity index (χ1) is 14.6. The maximum absolute atomic E-state index is 12.2. The van der Waals surface area contributed by atoms with Crippen LogP contribution in [0.3, 0.4) is 0 Å². The molecule has 0 aliphatic carbocycles. The Hall–Kier alpha value is -3.19. The lowest BCUT2D eigenvalue weighted by molar-refractivity contribution is -0.115. The Morgan fingerprint density at radius 2 is 1.70 bits per heavy atom. The molecule has 2 rings (SSSR count). The summed E-state index contributed by atoms with van der Waals surface area (Å²) in [5.41, 5.74) is 6.31. The second-order valence-electron chi connectivity index (χ2n) is 6.58. The van der Waals surface area contributed by atoms with Gasteiger partial charge in [0.05, 0.1) is 6.61 Å². The van der Waals surface area contributed by atoms with Crippen molar-refractivity contribution >= 4 is 35.2 Å². The zero-order valence-corrected chi connectivity index (χ0v) is 17.8. The van der Waals surface area contributed by atoms with E-state index < -0.39 is 5.91 Å². The van der Waals surface area contributed by atoms with Gasteiger partial charge in [-0.15, -0.1) is 0 Å². The molecule has 0 saturated heterocycles. The Morgan fingerprint density at radius 3 is 2.40 bits per heavy atom. The van der Waals surface area contributed by atoms with E-state index in [1.165, 1.54) is 18.9 Å². The zero-order chi connectivity index (χ0) is 21.6. The molecule has 6 nitrogen and oxygen atoms in total. The van der Waals surface area contributed by atoms with Crippen molar-refractivity contribution in [2.45, 2.75) is 32.6 Å². The van der Waals surface area contributed by atoms with Gasteiger partial charge in [-0.3, -0.25) is 25.8 Å². The van der Waals surface area contributed by atoms with Gasteiger partial charge in [0.25, 0.3) is 5.91 Å². The largest absolute Gasteiger partial charge is 0.494 e. The second-order valence-corrected chi connectivity index (χ2v) is 6.98. The highest BCUT2D eigenvalue weighted by molar-refractivity contribution is 7.80. The van der Waals surface area contributed by atoms with Gasteiger partial charge in [0.1, 0.15) is 5.75 Å². The van der Waals surface area contributed by atoms with Crippen molar-refractivity contribution in [2.75, 3.05) is 6.61 Å². The van der Waals surface area contributed by atoms with Crippen molar-refractivity contribution in [3.05, 3.63) is 71.8 Å². The average Bonchev–Trinajstić information content (AvgIpc) is 2.77. The lowest BCUT2D eigenvalue weighted by atomic mass is 10.2. The highest BCUT2D eigenvalue weighted by Crippen LogP contribution is 2.13. The van der Waals surface area contributed by atoms with Crippen molar-refractivity contribution in [1.82, 2.24) is 16.2 Å². The Balaban J connectivity index is 1.70. The molecule has 2 amide bonds. The lowest BCUT2D eigenvalue weighted by Gasteiger charge is -2.10. The standard InChI is InChI=1S/C23H27N3O3S/c1-2-3-4-8-17-29-20-14-12-19(13-15-20)22(28)25-26-23(30)24-21(27)16-11-18-9-6-5-7-10-18/h5-7,9-16H,2-4,8,17H2,1H3,(H,25,28)(H2,24,26,27,30)/b16-11+. The summed E-state index contributed by atoms with van der Waals surface area (Å²) in [5.74, 6) is -0.0454. The highest BCUT2D eigenvalue weighted by Gasteiger charge is 2.07. The molecule has 2 aromatic carbocycles. The Morgan fingerprint density at radius 1 is 0.967 bits per heavy atom. The number of hydrogen-bond donors (Lipinski definition) is 3. The van der Waals surface area contributed by atoms with Crippen molar-refractivity contribution in [3.8, 4) is 5.75 Å². The van der Waals surface area contributed by atoms with Crippen LogP contribution >= 0.6 is 12.2 Å². The number of hydrazine groups is 1. The van der Waals surface area contributed by atoms with Gasteiger partial charge in [0.2, 0.25) is 5.91 Å². The smallest absolute Gasteiger partial charge is 0.269 e. The quantitative estimate of drug-likeness (QED) is 0.245. The van der Waals surface area contributed by atoms with Crippen LogP contribution in [0.5, 0.6) is 5.75 Å². The number of carbonyl (C=O) groups is 2. The number of nitrogens with one attached hydrogen (secondary N) is 3. The van der Waals surface area contributed by atoms with E-state index in [2.05, 4.69) is 23.1 Å². The van der Waals surface area contributed by atoms with Crippen molar-refractivity contribution < 1.29 is 14.3 Å². The van der Waals surface area contributed by atoms with Crippen LogP contribution in [0, 0.1) is 0 Å². The third-order valence-corrected chi connectivity index (χ3v) is 4.34. The molecule has 30 heavy (non-hydrogen) atoms. The van der Waals surface area contributed by atoms with E-state index in [-0.39, 0.29) is 11.0 Å². The van der Waals surface area contributed by atoms with E-state index >= 15 is 0 Å². The summed E-state index contributed by atoms with van der Waals surface area (Å²) in [6, 6.07) is 16.3. The first-order valence-corrected chi connectivity index (χ1v) is 10.4. The summed E-state index contributed by atoms with van der Waals surface area (Å²) < 4.78 is 5.66. The fraction of sp³-hybridized carbons (Fsp3) is 0.261. The number of ether oxygens (including phenoxy) is 1. The summed E-state index contributed by atoms with van der Waals surface area (Å²) in [5, 5.41) is 2.46. The zero-order valence-electron chi connectivity index (χ0n) is 17.0. The minimum atomic E-state index is -0.397. The Kier molecular flexibility index (Phi) is 10.1. The summed E-state index contributed by atoms with van der Waals surface area (Å²) in [6.45, 7) is 2.84. The van der Waals surface area contributed by atoms with Crippen molar-refractivity contribution in [3.63, 3.8) is 0 Å².